The summed E-state index contributed by atoms with van der Waals surface area (Å²) in [4.78, 5) is 37.5. The molecule has 2 aliphatic rings. The highest BCUT2D eigenvalue weighted by Crippen LogP contribution is 2.30. The number of nitrogen functional groups attached to an aromatic ring is 1. The first-order chi connectivity index (χ1) is 20.2. The lowest BCUT2D eigenvalue weighted by molar-refractivity contribution is -0.125. The average Bonchev–Trinajstić information content (AvgIpc) is 3.54. The quantitative estimate of drug-likeness (QED) is 0.243. The van der Waals surface area contributed by atoms with Crippen molar-refractivity contribution in [2.75, 3.05) is 18.8 Å². The third-order valence-electron chi connectivity index (χ3n) is 7.58. The van der Waals surface area contributed by atoms with Crippen LogP contribution in [0, 0.1) is 11.3 Å². The van der Waals surface area contributed by atoms with Crippen molar-refractivity contribution < 1.29 is 9.53 Å². The van der Waals surface area contributed by atoms with Crippen LogP contribution in [0.25, 0.3) is 16.9 Å². The van der Waals surface area contributed by atoms with Gasteiger partial charge < -0.3 is 20.7 Å². The molecule has 1 aliphatic heterocycles. The van der Waals surface area contributed by atoms with Crippen LogP contribution in [0.5, 0.6) is 11.5 Å². The number of anilines is 1. The van der Waals surface area contributed by atoms with Gasteiger partial charge in [0.1, 0.15) is 35.0 Å². The number of hydrogen-bond acceptors (Lipinski definition) is 8. The molecule has 2 aromatic heterocycles. The molecular weight excluding hydrogens is 532 g/mol. The maximum absolute atomic E-state index is 14.0. The summed E-state index contributed by atoms with van der Waals surface area (Å²) in [5.74, 6) is 1.15. The summed E-state index contributed by atoms with van der Waals surface area (Å²) < 4.78 is 8.98. The van der Waals surface area contributed by atoms with Crippen LogP contribution >= 0.6 is 0 Å². The third kappa shape index (κ3) is 5.36. The number of imidazole rings is 1. The molecule has 1 saturated carbocycles. The summed E-state index contributed by atoms with van der Waals surface area (Å²) in [6, 6.07) is 18.7. The van der Waals surface area contributed by atoms with E-state index < -0.39 is 5.54 Å². The average molecular weight is 565 g/mol. The van der Waals surface area contributed by atoms with Crippen LogP contribution in [0.3, 0.4) is 0 Å². The summed E-state index contributed by atoms with van der Waals surface area (Å²) in [5.41, 5.74) is 6.92. The molecule has 4 aromatic rings. The highest BCUT2D eigenvalue weighted by Gasteiger charge is 2.34. The van der Waals surface area contributed by atoms with Crippen LogP contribution in [-0.4, -0.2) is 54.6 Å². The number of amides is 1. The number of aromatic nitrogens is 4. The molecule has 0 bridgehead atoms. The minimum Gasteiger partial charge on any atom is -0.457 e. The molecule has 0 radical (unpaired) electrons. The molecule has 11 nitrogen and oxygen atoms in total. The Bertz CT molecular complexity index is 1760. The van der Waals surface area contributed by atoms with Crippen molar-refractivity contribution in [1.29, 1.82) is 5.26 Å². The van der Waals surface area contributed by atoms with Gasteiger partial charge in [0, 0.05) is 24.7 Å². The summed E-state index contributed by atoms with van der Waals surface area (Å²) in [7, 11) is 0. The minimum atomic E-state index is -0.485. The van der Waals surface area contributed by atoms with Gasteiger partial charge in [0.05, 0.1) is 11.7 Å². The Morgan fingerprint density at radius 1 is 1.10 bits per heavy atom. The predicted molar refractivity (Wildman–Crippen MR) is 158 cm³/mol. The van der Waals surface area contributed by atoms with E-state index in [-0.39, 0.29) is 35.6 Å². The van der Waals surface area contributed by atoms with E-state index in [1.165, 1.54) is 10.9 Å². The lowest BCUT2D eigenvalue weighted by atomic mass is 10.0. The van der Waals surface area contributed by atoms with Gasteiger partial charge in [0.15, 0.2) is 11.5 Å². The van der Waals surface area contributed by atoms with E-state index >= 15 is 0 Å². The molecule has 2 aromatic carbocycles. The second kappa shape index (κ2) is 10.8. The van der Waals surface area contributed by atoms with Crippen LogP contribution < -0.4 is 21.5 Å². The first kappa shape index (κ1) is 27.2. The SMILES string of the molecule is CC(C)(C=C(C#N)C(=O)N1CCC(n2c(=O)n(-c3ccc(Oc4ccccc4)cc3)c3c(N)ncnc32)C1)NC1CC1. The van der Waals surface area contributed by atoms with Crippen molar-refractivity contribution in [3.63, 3.8) is 0 Å². The molecule has 1 saturated heterocycles. The van der Waals surface area contributed by atoms with Gasteiger partial charge in [-0.25, -0.2) is 14.8 Å². The summed E-state index contributed by atoms with van der Waals surface area (Å²) in [6.07, 6.45) is 5.77. The molecule has 2 fully saturated rings. The molecule has 3 N–H and O–H groups in total. The van der Waals surface area contributed by atoms with Gasteiger partial charge in [-0.2, -0.15) is 5.26 Å². The first-order valence-electron chi connectivity index (χ1n) is 14.0. The summed E-state index contributed by atoms with van der Waals surface area (Å²) in [6.45, 7) is 4.59. The molecule has 214 valence electrons. The number of rotatable bonds is 8. The Hall–Kier alpha value is -4.95. The van der Waals surface area contributed by atoms with Crippen LogP contribution in [0.1, 0.15) is 39.2 Å². The van der Waals surface area contributed by atoms with Gasteiger partial charge in [-0.1, -0.05) is 18.2 Å². The Morgan fingerprint density at radius 2 is 1.81 bits per heavy atom. The molecule has 42 heavy (non-hydrogen) atoms. The van der Waals surface area contributed by atoms with Crippen molar-refractivity contribution in [3.05, 3.63) is 83.1 Å². The molecule has 0 spiro atoms. The second-order valence-corrected chi connectivity index (χ2v) is 11.3. The highest BCUT2D eigenvalue weighted by atomic mass is 16.5. The number of carbonyl (C=O) groups excluding carboxylic acids is 1. The Morgan fingerprint density at radius 3 is 2.50 bits per heavy atom. The van der Waals surface area contributed by atoms with Gasteiger partial charge in [0.25, 0.3) is 5.91 Å². The molecule has 1 aliphatic carbocycles. The Kier molecular flexibility index (Phi) is 7.00. The van der Waals surface area contributed by atoms with Gasteiger partial charge in [-0.15, -0.1) is 0 Å². The number of nitrogens with zero attached hydrogens (tertiary/aromatic N) is 6. The Balaban J connectivity index is 1.29. The number of benzene rings is 2. The van der Waals surface area contributed by atoms with Crippen LogP contribution in [0.4, 0.5) is 5.82 Å². The van der Waals surface area contributed by atoms with Crippen molar-refractivity contribution in [2.24, 2.45) is 0 Å². The van der Waals surface area contributed by atoms with Crippen LogP contribution in [0.15, 0.2) is 77.4 Å². The topological polar surface area (TPSA) is 144 Å². The van der Waals surface area contributed by atoms with E-state index in [0.717, 1.165) is 12.8 Å². The van der Waals surface area contributed by atoms with Crippen molar-refractivity contribution in [2.45, 2.75) is 50.7 Å². The lowest BCUT2D eigenvalue weighted by Crippen LogP contribution is -2.40. The first-order valence-corrected chi connectivity index (χ1v) is 14.0. The number of ether oxygens (including phenoxy) is 1. The van der Waals surface area contributed by atoms with Gasteiger partial charge in [0.2, 0.25) is 0 Å². The fraction of sp³-hybridized carbons (Fsp3) is 0.323. The highest BCUT2D eigenvalue weighted by molar-refractivity contribution is 5.97. The molecule has 1 atom stereocenters. The number of para-hydroxylation sites is 1. The predicted octanol–water partition coefficient (Wildman–Crippen LogP) is 3.71. The van der Waals surface area contributed by atoms with Crippen molar-refractivity contribution in [3.8, 4) is 23.3 Å². The van der Waals surface area contributed by atoms with Crippen LogP contribution in [-0.2, 0) is 4.79 Å². The van der Waals surface area contributed by atoms with Gasteiger partial charge >= 0.3 is 5.69 Å². The molecule has 3 heterocycles. The minimum absolute atomic E-state index is 0.0907. The van der Waals surface area contributed by atoms with Gasteiger partial charge in [-0.05, 0) is 75.6 Å². The summed E-state index contributed by atoms with van der Waals surface area (Å²) >= 11 is 0. The molecule has 11 heteroatoms. The van der Waals surface area contributed by atoms with Gasteiger partial charge in [-0.3, -0.25) is 13.9 Å². The monoisotopic (exact) mass is 564 g/mol. The molecule has 1 unspecified atom stereocenters. The number of nitriles is 1. The van der Waals surface area contributed by atoms with Crippen molar-refractivity contribution in [1.82, 2.24) is 29.3 Å². The number of nitrogens with two attached hydrogens (primary N) is 1. The number of fused-ring (bicyclic) bond motifs is 1. The van der Waals surface area contributed by atoms with E-state index in [9.17, 15) is 14.9 Å². The van der Waals surface area contributed by atoms with Crippen molar-refractivity contribution >= 4 is 22.9 Å². The number of carbonyl (C=O) groups is 1. The van der Waals surface area contributed by atoms with E-state index in [0.29, 0.717) is 47.4 Å². The van der Waals surface area contributed by atoms with E-state index in [4.69, 9.17) is 10.5 Å². The fourth-order valence-corrected chi connectivity index (χ4v) is 5.53. The van der Waals surface area contributed by atoms with Crippen LogP contribution in [0.2, 0.25) is 0 Å². The van der Waals surface area contributed by atoms with E-state index in [1.54, 1.807) is 39.8 Å². The zero-order valence-corrected chi connectivity index (χ0v) is 23.5. The second-order valence-electron chi connectivity index (χ2n) is 11.3. The number of nitrogens with one attached hydrogen (secondary N) is 1. The number of hydrogen-bond donors (Lipinski definition) is 2. The smallest absolute Gasteiger partial charge is 0.335 e. The lowest BCUT2D eigenvalue weighted by Gasteiger charge is -2.24. The van der Waals surface area contributed by atoms with E-state index in [2.05, 4.69) is 21.4 Å². The third-order valence-corrected chi connectivity index (χ3v) is 7.58. The fourth-order valence-electron chi connectivity index (χ4n) is 5.53. The summed E-state index contributed by atoms with van der Waals surface area (Å²) in [5, 5.41) is 13.3. The zero-order chi connectivity index (χ0) is 29.4. The normalized spacial score (nSPS) is 17.4. The molecule has 1 amide bonds. The maximum atomic E-state index is 14.0. The largest absolute Gasteiger partial charge is 0.457 e. The number of likely N-dealkylation sites (tertiary alicyclic amines) is 1. The maximum Gasteiger partial charge on any atom is 0.335 e. The zero-order valence-electron chi connectivity index (χ0n) is 23.5. The molecular formula is C31H32N8O3. The Labute approximate surface area is 242 Å². The van der Waals surface area contributed by atoms with E-state index in [1.807, 2.05) is 44.2 Å². The standard InChI is InChI=1S/C31H32N8O3/c1-31(2,36-21-8-9-21)16-20(17-32)29(40)37-15-14-23(18-37)39-28-26(27(33)34-19-35-28)38(30(39)41)22-10-12-25(13-11-22)42-24-6-4-3-5-7-24/h3-7,10-13,16,19,21,23,36H,8-9,14-15,18H2,1-2H3,(H2,33,34,35). The molecule has 6 rings (SSSR count).